The van der Waals surface area contributed by atoms with Crippen molar-refractivity contribution in [3.8, 4) is 0 Å². The van der Waals surface area contributed by atoms with Gasteiger partial charge in [-0.15, -0.1) is 0 Å². The molecule has 2 aromatic rings. The number of carbonyl (C=O) groups excluding carboxylic acids is 1. The highest BCUT2D eigenvalue weighted by molar-refractivity contribution is 6.33. The third kappa shape index (κ3) is 3.50. The minimum atomic E-state index is -0.151. The zero-order chi connectivity index (χ0) is 19.0. The molecular formula is C20H26ClN5O. The number of anilines is 3. The fraction of sp³-hybridized carbons (Fsp3) is 0.500. The number of hydrogen-bond donors (Lipinski definition) is 1. The molecule has 144 valence electrons. The van der Waals surface area contributed by atoms with Crippen LogP contribution in [0.4, 0.5) is 17.2 Å². The van der Waals surface area contributed by atoms with E-state index in [9.17, 15) is 4.79 Å². The van der Waals surface area contributed by atoms with Crippen molar-refractivity contribution in [3.05, 3.63) is 34.5 Å². The van der Waals surface area contributed by atoms with E-state index in [4.69, 9.17) is 11.6 Å². The van der Waals surface area contributed by atoms with Crippen LogP contribution >= 0.6 is 11.6 Å². The molecule has 2 fully saturated rings. The number of aromatic nitrogens is 2. The smallest absolute Gasteiger partial charge is 0.255 e. The molecule has 2 aliphatic rings. The Balaban J connectivity index is 1.56. The standard InChI is InChI=1S/C20H26ClN5O/c1-14-18(19(23-24(14)2)26-11-5-6-12-26)22-20(27)15-7-8-17(16(21)13-15)25-9-3-4-10-25/h7-8,13H,3-6,9-12H2,1-2H3,(H,22,27). The highest BCUT2D eigenvalue weighted by Crippen LogP contribution is 2.32. The molecule has 1 aromatic carbocycles. The Kier molecular flexibility index (Phi) is 5.00. The number of nitrogens with zero attached hydrogens (tertiary/aromatic N) is 4. The van der Waals surface area contributed by atoms with Gasteiger partial charge in [0.2, 0.25) is 0 Å². The van der Waals surface area contributed by atoms with Crippen LogP contribution in [-0.4, -0.2) is 41.9 Å². The van der Waals surface area contributed by atoms with Crippen molar-refractivity contribution < 1.29 is 4.79 Å². The number of carbonyl (C=O) groups is 1. The lowest BCUT2D eigenvalue weighted by molar-refractivity contribution is 0.102. The summed E-state index contributed by atoms with van der Waals surface area (Å²) in [6, 6.07) is 5.59. The van der Waals surface area contributed by atoms with Gasteiger partial charge in [-0.05, 0) is 50.8 Å². The first-order valence-electron chi connectivity index (χ1n) is 9.69. The number of rotatable bonds is 4. The van der Waals surface area contributed by atoms with Gasteiger partial charge in [0.15, 0.2) is 5.82 Å². The van der Waals surface area contributed by atoms with E-state index in [1.54, 1.807) is 6.07 Å². The van der Waals surface area contributed by atoms with Crippen molar-refractivity contribution in [2.45, 2.75) is 32.6 Å². The maximum absolute atomic E-state index is 12.9. The van der Waals surface area contributed by atoms with Crippen LogP contribution in [0.15, 0.2) is 18.2 Å². The van der Waals surface area contributed by atoms with E-state index in [0.717, 1.165) is 61.9 Å². The van der Waals surface area contributed by atoms with Gasteiger partial charge in [0.05, 0.1) is 16.4 Å². The third-order valence-electron chi connectivity index (χ3n) is 5.62. The molecule has 0 atom stereocenters. The summed E-state index contributed by atoms with van der Waals surface area (Å²) in [5, 5.41) is 8.32. The van der Waals surface area contributed by atoms with Crippen LogP contribution in [0, 0.1) is 6.92 Å². The Hall–Kier alpha value is -2.21. The third-order valence-corrected chi connectivity index (χ3v) is 5.92. The van der Waals surface area contributed by atoms with Crippen molar-refractivity contribution in [2.75, 3.05) is 41.3 Å². The van der Waals surface area contributed by atoms with Crippen molar-refractivity contribution in [3.63, 3.8) is 0 Å². The molecule has 27 heavy (non-hydrogen) atoms. The van der Waals surface area contributed by atoms with E-state index in [-0.39, 0.29) is 5.91 Å². The van der Waals surface area contributed by atoms with Gasteiger partial charge in [-0.25, -0.2) is 0 Å². The summed E-state index contributed by atoms with van der Waals surface area (Å²) in [6.07, 6.45) is 4.71. The summed E-state index contributed by atoms with van der Waals surface area (Å²) < 4.78 is 1.83. The summed E-state index contributed by atoms with van der Waals surface area (Å²) >= 11 is 6.48. The van der Waals surface area contributed by atoms with Gasteiger partial charge in [0.1, 0.15) is 5.69 Å². The Morgan fingerprint density at radius 3 is 2.33 bits per heavy atom. The van der Waals surface area contributed by atoms with Crippen molar-refractivity contribution in [2.24, 2.45) is 7.05 Å². The molecule has 1 aromatic heterocycles. The molecule has 4 rings (SSSR count). The molecule has 7 heteroatoms. The lowest BCUT2D eigenvalue weighted by Crippen LogP contribution is -2.21. The first-order chi connectivity index (χ1) is 13.0. The molecule has 3 heterocycles. The molecule has 6 nitrogen and oxygen atoms in total. The van der Waals surface area contributed by atoms with E-state index in [2.05, 4.69) is 20.2 Å². The zero-order valence-electron chi connectivity index (χ0n) is 16.0. The monoisotopic (exact) mass is 387 g/mol. The van der Waals surface area contributed by atoms with Gasteiger partial charge in [0, 0.05) is 38.8 Å². The largest absolute Gasteiger partial charge is 0.370 e. The van der Waals surface area contributed by atoms with Crippen LogP contribution in [0.1, 0.15) is 41.7 Å². The Bertz CT molecular complexity index is 850. The van der Waals surface area contributed by atoms with Gasteiger partial charge in [-0.1, -0.05) is 11.6 Å². The Labute approximate surface area is 165 Å². The first kappa shape index (κ1) is 18.2. The fourth-order valence-corrected chi connectivity index (χ4v) is 4.24. The summed E-state index contributed by atoms with van der Waals surface area (Å²) in [5.41, 5.74) is 3.33. The summed E-state index contributed by atoms with van der Waals surface area (Å²) in [7, 11) is 1.91. The summed E-state index contributed by atoms with van der Waals surface area (Å²) in [4.78, 5) is 17.4. The number of amides is 1. The number of nitrogens with one attached hydrogen (secondary N) is 1. The molecule has 0 unspecified atom stereocenters. The second kappa shape index (κ2) is 7.43. The minimum Gasteiger partial charge on any atom is -0.370 e. The molecule has 0 bridgehead atoms. The predicted octanol–water partition coefficient (Wildman–Crippen LogP) is 3.83. The van der Waals surface area contributed by atoms with Crippen LogP contribution in [0.5, 0.6) is 0 Å². The van der Waals surface area contributed by atoms with E-state index >= 15 is 0 Å². The second-order valence-electron chi connectivity index (χ2n) is 7.42. The van der Waals surface area contributed by atoms with Crippen LogP contribution in [0.3, 0.4) is 0 Å². The van der Waals surface area contributed by atoms with Gasteiger partial charge in [-0.2, -0.15) is 5.10 Å². The van der Waals surface area contributed by atoms with Crippen molar-refractivity contribution in [1.29, 1.82) is 0 Å². The summed E-state index contributed by atoms with van der Waals surface area (Å²) in [6.45, 7) is 6.00. The molecule has 1 N–H and O–H groups in total. The van der Waals surface area contributed by atoms with Crippen molar-refractivity contribution in [1.82, 2.24) is 9.78 Å². The second-order valence-corrected chi connectivity index (χ2v) is 7.82. The number of aryl methyl sites for hydroxylation is 1. The molecule has 0 spiro atoms. The average Bonchev–Trinajstić information content (AvgIpc) is 3.40. The zero-order valence-corrected chi connectivity index (χ0v) is 16.7. The normalized spacial score (nSPS) is 17.0. The van der Waals surface area contributed by atoms with E-state index in [0.29, 0.717) is 10.6 Å². The van der Waals surface area contributed by atoms with Crippen molar-refractivity contribution >= 4 is 34.7 Å². The minimum absolute atomic E-state index is 0.151. The maximum atomic E-state index is 12.9. The lowest BCUT2D eigenvalue weighted by Gasteiger charge is -2.20. The van der Waals surface area contributed by atoms with E-state index < -0.39 is 0 Å². The highest BCUT2D eigenvalue weighted by Gasteiger charge is 2.24. The van der Waals surface area contributed by atoms with Crippen LogP contribution < -0.4 is 15.1 Å². The predicted molar refractivity (Wildman–Crippen MR) is 110 cm³/mol. The quantitative estimate of drug-likeness (QED) is 0.866. The number of halogens is 1. The van der Waals surface area contributed by atoms with Crippen LogP contribution in [0.2, 0.25) is 5.02 Å². The van der Waals surface area contributed by atoms with Gasteiger partial charge in [0.25, 0.3) is 5.91 Å². The molecule has 1 amide bonds. The number of benzene rings is 1. The SMILES string of the molecule is Cc1c(NC(=O)c2ccc(N3CCCC3)c(Cl)c2)c(N2CCCC2)nn1C. The number of hydrogen-bond acceptors (Lipinski definition) is 4. The average molecular weight is 388 g/mol. The molecule has 0 aliphatic carbocycles. The molecule has 0 radical (unpaired) electrons. The highest BCUT2D eigenvalue weighted by atomic mass is 35.5. The molecule has 0 saturated carbocycles. The first-order valence-corrected chi connectivity index (χ1v) is 10.1. The van der Waals surface area contributed by atoms with E-state index in [1.807, 2.05) is 30.8 Å². The Morgan fingerprint density at radius 1 is 1.07 bits per heavy atom. The van der Waals surface area contributed by atoms with Crippen LogP contribution in [-0.2, 0) is 7.05 Å². The fourth-order valence-electron chi connectivity index (χ4n) is 3.94. The Morgan fingerprint density at radius 2 is 1.70 bits per heavy atom. The van der Waals surface area contributed by atoms with Gasteiger partial charge in [-0.3, -0.25) is 9.48 Å². The molecule has 2 aliphatic heterocycles. The van der Waals surface area contributed by atoms with Gasteiger partial charge < -0.3 is 15.1 Å². The topological polar surface area (TPSA) is 53.4 Å². The molecule has 2 saturated heterocycles. The lowest BCUT2D eigenvalue weighted by atomic mass is 10.1. The van der Waals surface area contributed by atoms with E-state index in [1.165, 1.54) is 12.8 Å². The summed E-state index contributed by atoms with van der Waals surface area (Å²) in [5.74, 6) is 0.710. The van der Waals surface area contributed by atoms with Gasteiger partial charge >= 0.3 is 0 Å². The molecular weight excluding hydrogens is 362 g/mol. The van der Waals surface area contributed by atoms with Crippen LogP contribution in [0.25, 0.3) is 0 Å². The maximum Gasteiger partial charge on any atom is 0.255 e.